The molecule has 11 heteroatoms. The molecule has 3 aromatic rings. The summed E-state index contributed by atoms with van der Waals surface area (Å²) in [5.41, 5.74) is 2.29. The normalized spacial score (nSPS) is 18.2. The molecule has 6 nitrogen and oxygen atoms in total. The van der Waals surface area contributed by atoms with Crippen molar-refractivity contribution in [3.05, 3.63) is 82.8 Å². The van der Waals surface area contributed by atoms with Crippen LogP contribution in [0.15, 0.2) is 59.5 Å². The van der Waals surface area contributed by atoms with Crippen molar-refractivity contribution in [1.82, 2.24) is 4.98 Å². The molecule has 1 N–H and O–H groups in total. The van der Waals surface area contributed by atoms with Crippen LogP contribution in [-0.2, 0) is 27.4 Å². The molecular weight excluding hydrogens is 498 g/mol. The van der Waals surface area contributed by atoms with Crippen LogP contribution >= 0.6 is 0 Å². The summed E-state index contributed by atoms with van der Waals surface area (Å²) in [5.74, 6) is -1.11. The van der Waals surface area contributed by atoms with E-state index in [0.717, 1.165) is 28.8 Å². The van der Waals surface area contributed by atoms with Crippen LogP contribution in [0.25, 0.3) is 0 Å². The third kappa shape index (κ3) is 4.90. The topological polar surface area (TPSA) is 71.5 Å². The predicted molar refractivity (Wildman–Crippen MR) is 126 cm³/mol. The Kier molecular flexibility index (Phi) is 6.37. The number of rotatable bonds is 5. The minimum atomic E-state index is -4.46. The van der Waals surface area contributed by atoms with Crippen molar-refractivity contribution in [2.24, 2.45) is 0 Å². The number of nitrogens with one attached hydrogen (secondary N) is 1. The van der Waals surface area contributed by atoms with Gasteiger partial charge in [-0.15, -0.1) is 0 Å². The maximum atomic E-state index is 13.5. The van der Waals surface area contributed by atoms with Crippen LogP contribution in [0.4, 0.5) is 29.1 Å². The number of hydrogen-bond donors (Lipinski definition) is 1. The Labute approximate surface area is 206 Å². The van der Waals surface area contributed by atoms with Gasteiger partial charge in [0.05, 0.1) is 23.7 Å². The summed E-state index contributed by atoms with van der Waals surface area (Å²) in [5, 5.41) is 0. The van der Waals surface area contributed by atoms with Gasteiger partial charge in [-0.25, -0.2) is 13.4 Å². The number of fused-ring (bicyclic) bond motifs is 1. The van der Waals surface area contributed by atoms with Gasteiger partial charge in [0.15, 0.2) is 0 Å². The number of anilines is 2. The van der Waals surface area contributed by atoms with E-state index < -0.39 is 27.7 Å². The van der Waals surface area contributed by atoms with Crippen LogP contribution in [0.3, 0.4) is 0 Å². The van der Waals surface area contributed by atoms with E-state index in [-0.39, 0.29) is 16.6 Å². The molecule has 0 saturated carbocycles. The molecule has 1 unspecified atom stereocenters. The smallest absolute Gasteiger partial charge is 0.378 e. The van der Waals surface area contributed by atoms with Gasteiger partial charge in [0.1, 0.15) is 5.82 Å². The van der Waals surface area contributed by atoms with Crippen molar-refractivity contribution >= 4 is 21.5 Å². The van der Waals surface area contributed by atoms with Crippen molar-refractivity contribution in [2.75, 3.05) is 35.9 Å². The first-order valence-electron chi connectivity index (χ1n) is 11.4. The first-order valence-corrected chi connectivity index (χ1v) is 12.9. The molecule has 1 saturated heterocycles. The largest absolute Gasteiger partial charge is 0.416 e. The highest BCUT2D eigenvalue weighted by Gasteiger charge is 2.34. The Morgan fingerprint density at radius 2 is 1.75 bits per heavy atom. The summed E-state index contributed by atoms with van der Waals surface area (Å²) >= 11 is 0. The molecular formula is C25H23F4N3O3S. The zero-order valence-electron chi connectivity index (χ0n) is 19.1. The van der Waals surface area contributed by atoms with Gasteiger partial charge in [-0.3, -0.25) is 4.72 Å². The lowest BCUT2D eigenvalue weighted by atomic mass is 9.90. The van der Waals surface area contributed by atoms with Gasteiger partial charge in [-0.05, 0) is 65.9 Å². The molecule has 1 aromatic heterocycles. The summed E-state index contributed by atoms with van der Waals surface area (Å²) in [6.45, 7) is 1.85. The molecule has 36 heavy (non-hydrogen) atoms. The predicted octanol–water partition coefficient (Wildman–Crippen LogP) is 4.96. The summed E-state index contributed by atoms with van der Waals surface area (Å²) in [6.07, 6.45) is -3.24. The van der Waals surface area contributed by atoms with Gasteiger partial charge in [0.2, 0.25) is 5.95 Å². The summed E-state index contributed by atoms with van der Waals surface area (Å²) in [6, 6.07) is 12.4. The lowest BCUT2D eigenvalue weighted by Crippen LogP contribution is -2.37. The van der Waals surface area contributed by atoms with E-state index in [0.29, 0.717) is 44.8 Å². The monoisotopic (exact) mass is 521 g/mol. The Bertz CT molecular complexity index is 1390. The van der Waals surface area contributed by atoms with Crippen LogP contribution < -0.4 is 9.62 Å². The van der Waals surface area contributed by atoms with Gasteiger partial charge in [-0.1, -0.05) is 18.2 Å². The van der Waals surface area contributed by atoms with Crippen LogP contribution in [0.5, 0.6) is 0 Å². The van der Waals surface area contributed by atoms with E-state index >= 15 is 0 Å². The van der Waals surface area contributed by atoms with Gasteiger partial charge >= 0.3 is 6.18 Å². The number of aromatic nitrogens is 1. The number of benzene rings is 2. The Balaban J connectivity index is 1.48. The maximum Gasteiger partial charge on any atom is 0.416 e. The number of morpholine rings is 1. The molecule has 2 aromatic carbocycles. The van der Waals surface area contributed by atoms with Crippen molar-refractivity contribution in [3.63, 3.8) is 0 Å². The van der Waals surface area contributed by atoms with E-state index in [1.165, 1.54) is 30.3 Å². The van der Waals surface area contributed by atoms with Crippen molar-refractivity contribution in [2.45, 2.75) is 29.8 Å². The van der Waals surface area contributed by atoms with E-state index in [2.05, 4.69) is 9.71 Å². The Hall–Kier alpha value is -3.18. The Morgan fingerprint density at radius 3 is 2.47 bits per heavy atom. The number of pyridine rings is 1. The number of aryl methyl sites for hydroxylation is 1. The van der Waals surface area contributed by atoms with Crippen molar-refractivity contribution < 1.29 is 30.7 Å². The van der Waals surface area contributed by atoms with Crippen LogP contribution in [0.2, 0.25) is 0 Å². The van der Waals surface area contributed by atoms with E-state index in [4.69, 9.17) is 4.74 Å². The van der Waals surface area contributed by atoms with E-state index in [1.54, 1.807) is 12.1 Å². The van der Waals surface area contributed by atoms with Crippen LogP contribution in [0, 0.1) is 5.95 Å². The number of ether oxygens (including phenoxy) is 1. The number of nitrogens with zero attached hydrogens (tertiary/aromatic N) is 2. The summed E-state index contributed by atoms with van der Waals surface area (Å²) in [4.78, 5) is 5.46. The minimum absolute atomic E-state index is 0.00813. The average Bonchev–Trinajstić information content (AvgIpc) is 3.27. The van der Waals surface area contributed by atoms with Gasteiger partial charge in [0.25, 0.3) is 10.0 Å². The number of halogens is 4. The van der Waals surface area contributed by atoms with Crippen molar-refractivity contribution in [3.8, 4) is 0 Å². The zero-order valence-corrected chi connectivity index (χ0v) is 19.9. The quantitative estimate of drug-likeness (QED) is 0.380. The molecule has 5 rings (SSSR count). The second-order valence-corrected chi connectivity index (χ2v) is 10.5. The van der Waals surface area contributed by atoms with Gasteiger partial charge in [-0.2, -0.15) is 17.6 Å². The minimum Gasteiger partial charge on any atom is -0.378 e. The SMILES string of the molecule is O=S(=O)(Nc1cccc(F)n1)c1ccc2c(c1)CCC2c1ccc(C(F)(F)F)cc1N1CCOCC1. The fraction of sp³-hybridized carbons (Fsp3) is 0.320. The van der Waals surface area contributed by atoms with Gasteiger partial charge < -0.3 is 9.64 Å². The van der Waals surface area contributed by atoms with Crippen LogP contribution in [0.1, 0.15) is 34.6 Å². The molecule has 2 aliphatic rings. The zero-order chi connectivity index (χ0) is 25.5. The standard InChI is InChI=1S/C25H23F4N3O3S/c26-23-2-1-3-24(30-23)31-36(33,34)18-6-9-19-16(14-18)4-7-20(19)21-8-5-17(25(27,28)29)15-22(21)32-10-12-35-13-11-32/h1-3,5-6,8-9,14-15,20H,4,7,10-13H2,(H,30,31). The van der Waals surface area contributed by atoms with E-state index in [9.17, 15) is 26.0 Å². The first kappa shape index (κ1) is 24.5. The molecule has 0 radical (unpaired) electrons. The number of sulfonamides is 1. The summed E-state index contributed by atoms with van der Waals surface area (Å²) < 4.78 is 87.2. The average molecular weight is 522 g/mol. The first-order chi connectivity index (χ1) is 17.1. The molecule has 1 aliphatic carbocycles. The van der Waals surface area contributed by atoms with E-state index in [1.807, 2.05) is 4.90 Å². The number of hydrogen-bond acceptors (Lipinski definition) is 5. The molecule has 0 amide bonds. The lowest BCUT2D eigenvalue weighted by Gasteiger charge is -2.32. The van der Waals surface area contributed by atoms with Crippen molar-refractivity contribution in [1.29, 1.82) is 0 Å². The fourth-order valence-electron chi connectivity index (χ4n) is 4.84. The van der Waals surface area contributed by atoms with Crippen LogP contribution in [-0.4, -0.2) is 39.7 Å². The number of alkyl halides is 3. The highest BCUT2D eigenvalue weighted by atomic mass is 32.2. The molecule has 1 fully saturated rings. The molecule has 2 heterocycles. The molecule has 190 valence electrons. The maximum absolute atomic E-state index is 13.5. The third-order valence-corrected chi connectivity index (χ3v) is 7.89. The second kappa shape index (κ2) is 9.36. The fourth-order valence-corrected chi connectivity index (χ4v) is 5.89. The molecule has 1 atom stereocenters. The molecule has 0 spiro atoms. The highest BCUT2D eigenvalue weighted by molar-refractivity contribution is 7.92. The third-order valence-electron chi connectivity index (χ3n) is 6.54. The van der Waals surface area contributed by atoms with Gasteiger partial charge in [0, 0.05) is 24.7 Å². The lowest BCUT2D eigenvalue weighted by molar-refractivity contribution is -0.137. The Morgan fingerprint density at radius 1 is 1.00 bits per heavy atom. The highest BCUT2D eigenvalue weighted by Crippen LogP contribution is 2.44. The molecule has 1 aliphatic heterocycles. The second-order valence-electron chi connectivity index (χ2n) is 8.77. The molecule has 0 bridgehead atoms. The summed E-state index contributed by atoms with van der Waals surface area (Å²) in [7, 11) is -4.01.